The minimum Gasteiger partial charge on any atom is -0.376 e. The molecule has 0 radical (unpaired) electrons. The van der Waals surface area contributed by atoms with Gasteiger partial charge in [0.1, 0.15) is 0 Å². The summed E-state index contributed by atoms with van der Waals surface area (Å²) in [6.07, 6.45) is 1.71. The van der Waals surface area contributed by atoms with Crippen LogP contribution in [0.3, 0.4) is 0 Å². The van der Waals surface area contributed by atoms with E-state index in [1.165, 1.54) is 4.31 Å². The highest BCUT2D eigenvalue weighted by molar-refractivity contribution is 7.89. The van der Waals surface area contributed by atoms with Crippen molar-refractivity contribution in [2.24, 2.45) is 0 Å². The Kier molecular flexibility index (Phi) is 4.68. The molecule has 0 aliphatic carbocycles. The van der Waals surface area contributed by atoms with Crippen molar-refractivity contribution in [1.82, 2.24) is 14.5 Å². The fraction of sp³-hybridized carbons (Fsp3) is 0.375. The molecule has 1 fully saturated rings. The van der Waals surface area contributed by atoms with E-state index in [-0.39, 0.29) is 0 Å². The third kappa shape index (κ3) is 3.34. The average Bonchev–Trinajstić information content (AvgIpc) is 2.62. The minimum absolute atomic E-state index is 0.341. The van der Waals surface area contributed by atoms with Gasteiger partial charge in [0.25, 0.3) is 0 Å². The summed E-state index contributed by atoms with van der Waals surface area (Å²) in [5.74, 6) is 0.776. The van der Waals surface area contributed by atoms with Crippen LogP contribution < -0.4 is 9.80 Å². The summed E-state index contributed by atoms with van der Waals surface area (Å²) in [6.45, 7) is 2.06. The summed E-state index contributed by atoms with van der Waals surface area (Å²) >= 11 is 0. The van der Waals surface area contributed by atoms with Crippen molar-refractivity contribution in [3.8, 4) is 0 Å². The minimum atomic E-state index is -3.43. The van der Waals surface area contributed by atoms with Crippen LogP contribution in [0.5, 0.6) is 0 Å². The van der Waals surface area contributed by atoms with Crippen LogP contribution in [0.1, 0.15) is 0 Å². The van der Waals surface area contributed by atoms with Gasteiger partial charge in [-0.1, -0.05) is 18.2 Å². The van der Waals surface area contributed by atoms with Gasteiger partial charge in [0, 0.05) is 46.3 Å². The zero-order valence-electron chi connectivity index (χ0n) is 13.8. The predicted octanol–water partition coefficient (Wildman–Crippen LogP) is 1.05. The van der Waals surface area contributed by atoms with Gasteiger partial charge in [-0.05, 0) is 12.1 Å². The summed E-state index contributed by atoms with van der Waals surface area (Å²) < 4.78 is 26.8. The van der Waals surface area contributed by atoms with Crippen molar-refractivity contribution in [2.45, 2.75) is 4.90 Å². The van der Waals surface area contributed by atoms with Crippen molar-refractivity contribution in [3.05, 3.63) is 42.6 Å². The zero-order valence-corrected chi connectivity index (χ0v) is 14.6. The van der Waals surface area contributed by atoms with Crippen molar-refractivity contribution in [3.63, 3.8) is 0 Å². The fourth-order valence-electron chi connectivity index (χ4n) is 2.64. The Hall–Kier alpha value is -2.19. The molecule has 1 aromatic heterocycles. The molecule has 2 aromatic rings. The lowest BCUT2D eigenvalue weighted by Gasteiger charge is -2.34. The first kappa shape index (κ1) is 16.7. The van der Waals surface area contributed by atoms with Gasteiger partial charge in [0.05, 0.1) is 16.8 Å². The summed E-state index contributed by atoms with van der Waals surface area (Å²) in [5, 5.41) is 8.20. The van der Waals surface area contributed by atoms with Crippen LogP contribution in [0.15, 0.2) is 47.5 Å². The number of rotatable bonds is 4. The Morgan fingerprint density at radius 2 is 1.71 bits per heavy atom. The van der Waals surface area contributed by atoms with E-state index < -0.39 is 10.0 Å². The normalized spacial score (nSPS) is 16.2. The summed E-state index contributed by atoms with van der Waals surface area (Å²) in [6, 6.07) is 10.5. The quantitative estimate of drug-likeness (QED) is 0.823. The number of nitrogens with zero attached hydrogens (tertiary/aromatic N) is 5. The summed E-state index contributed by atoms with van der Waals surface area (Å²) in [5.41, 5.74) is 0.972. The smallest absolute Gasteiger partial charge is 0.243 e. The third-order valence-electron chi connectivity index (χ3n) is 4.09. The molecule has 1 aliphatic heterocycles. The monoisotopic (exact) mass is 347 g/mol. The largest absolute Gasteiger partial charge is 0.376 e. The molecule has 3 rings (SSSR count). The zero-order chi connectivity index (χ0) is 17.2. The van der Waals surface area contributed by atoms with Crippen molar-refractivity contribution in [1.29, 1.82) is 0 Å². The highest BCUT2D eigenvalue weighted by atomic mass is 32.2. The first-order valence-corrected chi connectivity index (χ1v) is 9.23. The molecule has 8 heteroatoms. The van der Waals surface area contributed by atoms with Crippen molar-refractivity contribution < 1.29 is 8.42 Å². The molecular formula is C16H21N5O2S. The van der Waals surface area contributed by atoms with E-state index in [9.17, 15) is 8.42 Å². The highest BCUT2D eigenvalue weighted by Crippen LogP contribution is 2.21. The maximum absolute atomic E-state index is 12.6. The van der Waals surface area contributed by atoms with Crippen LogP contribution in [-0.2, 0) is 10.0 Å². The molecule has 2 heterocycles. The van der Waals surface area contributed by atoms with E-state index in [2.05, 4.69) is 15.1 Å². The van der Waals surface area contributed by atoms with Crippen LogP contribution >= 0.6 is 0 Å². The van der Waals surface area contributed by atoms with E-state index >= 15 is 0 Å². The number of hydrogen-bond donors (Lipinski definition) is 0. The van der Waals surface area contributed by atoms with E-state index in [0.717, 1.165) is 11.5 Å². The van der Waals surface area contributed by atoms with Gasteiger partial charge in [0.15, 0.2) is 5.82 Å². The maximum Gasteiger partial charge on any atom is 0.243 e. The number of piperazine rings is 1. The second-order valence-electron chi connectivity index (χ2n) is 5.87. The molecule has 1 aliphatic rings. The van der Waals surface area contributed by atoms with Crippen LogP contribution in [-0.4, -0.2) is 63.2 Å². The average molecular weight is 347 g/mol. The van der Waals surface area contributed by atoms with Gasteiger partial charge in [-0.15, -0.1) is 5.10 Å². The molecule has 1 saturated heterocycles. The van der Waals surface area contributed by atoms with Crippen LogP contribution in [0.25, 0.3) is 0 Å². The molecule has 0 atom stereocenters. The van der Waals surface area contributed by atoms with Crippen molar-refractivity contribution >= 4 is 21.5 Å². The highest BCUT2D eigenvalue weighted by Gasteiger charge is 2.28. The fourth-order valence-corrected chi connectivity index (χ4v) is 4.09. The lowest BCUT2D eigenvalue weighted by Crippen LogP contribution is -2.49. The molecule has 0 saturated carbocycles. The summed E-state index contributed by atoms with van der Waals surface area (Å²) in [7, 11) is 0.472. The van der Waals surface area contributed by atoms with Gasteiger partial charge in [-0.2, -0.15) is 9.40 Å². The van der Waals surface area contributed by atoms with E-state index in [1.807, 2.05) is 31.1 Å². The lowest BCUT2D eigenvalue weighted by molar-refractivity contribution is 0.383. The Labute approximate surface area is 142 Å². The molecule has 0 amide bonds. The number of aromatic nitrogens is 2. The van der Waals surface area contributed by atoms with E-state index in [4.69, 9.17) is 0 Å². The molecule has 128 valence electrons. The Morgan fingerprint density at radius 1 is 1.04 bits per heavy atom. The first-order valence-electron chi connectivity index (χ1n) is 7.79. The third-order valence-corrected chi connectivity index (χ3v) is 6.00. The Balaban J connectivity index is 1.71. The number of sulfonamides is 1. The van der Waals surface area contributed by atoms with Gasteiger partial charge >= 0.3 is 0 Å². The molecule has 0 N–H and O–H groups in total. The van der Waals surface area contributed by atoms with Gasteiger partial charge in [0.2, 0.25) is 10.0 Å². The van der Waals surface area contributed by atoms with E-state index in [1.54, 1.807) is 30.5 Å². The number of anilines is 2. The lowest BCUT2D eigenvalue weighted by atomic mass is 10.3. The van der Waals surface area contributed by atoms with Gasteiger partial charge in [-0.25, -0.2) is 8.42 Å². The van der Waals surface area contributed by atoms with Crippen LogP contribution in [0.2, 0.25) is 0 Å². The second-order valence-corrected chi connectivity index (χ2v) is 7.81. The molecule has 7 nitrogen and oxygen atoms in total. The number of benzene rings is 1. The molecule has 1 aromatic carbocycles. The molecule has 0 bridgehead atoms. The standard InChI is InChI=1S/C16H21N5O2S/c1-19(2)14-12-16(18-17-13-14)20-8-10-21(11-9-20)24(22,23)15-6-4-3-5-7-15/h3-7,12-13H,8-11H2,1-2H3. The molecule has 24 heavy (non-hydrogen) atoms. The summed E-state index contributed by atoms with van der Waals surface area (Å²) in [4.78, 5) is 4.37. The first-order chi connectivity index (χ1) is 11.5. The maximum atomic E-state index is 12.6. The number of hydrogen-bond acceptors (Lipinski definition) is 6. The molecule has 0 unspecified atom stereocenters. The SMILES string of the molecule is CN(C)c1cnnc(N2CCN(S(=O)(=O)c3ccccc3)CC2)c1. The second kappa shape index (κ2) is 6.74. The predicted molar refractivity (Wildman–Crippen MR) is 93.8 cm³/mol. The van der Waals surface area contributed by atoms with Crippen LogP contribution in [0.4, 0.5) is 11.5 Å². The molecular weight excluding hydrogens is 326 g/mol. The van der Waals surface area contributed by atoms with Crippen LogP contribution in [0, 0.1) is 0 Å². The van der Waals surface area contributed by atoms with Gasteiger partial charge < -0.3 is 9.80 Å². The Morgan fingerprint density at radius 3 is 2.33 bits per heavy atom. The van der Waals surface area contributed by atoms with E-state index in [0.29, 0.717) is 31.1 Å². The molecule has 0 spiro atoms. The Bertz CT molecular complexity index is 787. The van der Waals surface area contributed by atoms with Crippen molar-refractivity contribution in [2.75, 3.05) is 50.1 Å². The van der Waals surface area contributed by atoms with Gasteiger partial charge in [-0.3, -0.25) is 0 Å². The topological polar surface area (TPSA) is 69.6 Å².